The van der Waals surface area contributed by atoms with Gasteiger partial charge < -0.3 is 14.5 Å². The van der Waals surface area contributed by atoms with Gasteiger partial charge in [0.2, 0.25) is 5.95 Å². The second kappa shape index (κ2) is 6.68. The summed E-state index contributed by atoms with van der Waals surface area (Å²) in [4.78, 5) is 25.7. The third-order valence-corrected chi connectivity index (χ3v) is 7.49. The van der Waals surface area contributed by atoms with E-state index in [-0.39, 0.29) is 24.6 Å². The van der Waals surface area contributed by atoms with Crippen LogP contribution in [0.25, 0.3) is 0 Å². The summed E-state index contributed by atoms with van der Waals surface area (Å²) in [5, 5.41) is 0. The number of hydrogen-bond acceptors (Lipinski definition) is 7. The zero-order chi connectivity index (χ0) is 21.3. The Kier molecular flexibility index (Phi) is 4.41. The maximum Gasteiger partial charge on any atom is 0.413 e. The number of morpholine rings is 1. The number of thiazole rings is 1. The van der Waals surface area contributed by atoms with Crippen LogP contribution in [0.3, 0.4) is 0 Å². The molecule has 0 radical (unpaired) electrons. The smallest absolute Gasteiger partial charge is 0.374 e. The van der Waals surface area contributed by atoms with Gasteiger partial charge in [0.25, 0.3) is 5.56 Å². The molecule has 3 aliphatic heterocycles. The van der Waals surface area contributed by atoms with Gasteiger partial charge in [-0.15, -0.1) is 11.3 Å². The van der Waals surface area contributed by atoms with Crippen molar-refractivity contribution in [3.8, 4) is 0 Å². The van der Waals surface area contributed by atoms with Gasteiger partial charge in [0, 0.05) is 30.5 Å². The van der Waals surface area contributed by atoms with Crippen LogP contribution >= 0.6 is 11.3 Å². The Hall–Kier alpha value is -2.14. The van der Waals surface area contributed by atoms with Crippen LogP contribution in [0.4, 0.5) is 24.9 Å². The van der Waals surface area contributed by atoms with Gasteiger partial charge in [0.15, 0.2) is 5.54 Å². The van der Waals surface area contributed by atoms with Gasteiger partial charge in [-0.2, -0.15) is 18.2 Å². The molecule has 2 saturated heterocycles. The molecule has 5 rings (SSSR count). The van der Waals surface area contributed by atoms with E-state index in [0.29, 0.717) is 25.4 Å². The summed E-state index contributed by atoms with van der Waals surface area (Å²) in [5.74, 6) is 0.524. The number of aromatic nitrogens is 3. The van der Waals surface area contributed by atoms with Crippen LogP contribution < -0.4 is 15.4 Å². The maximum absolute atomic E-state index is 14.1. The van der Waals surface area contributed by atoms with Crippen LogP contribution in [-0.4, -0.2) is 58.1 Å². The number of fused-ring (bicyclic) bond motifs is 3. The quantitative estimate of drug-likeness (QED) is 0.726. The molecule has 0 N–H and O–H groups in total. The predicted octanol–water partition coefficient (Wildman–Crippen LogP) is 2.37. The molecule has 11 heteroatoms. The molecule has 3 atom stereocenters. The summed E-state index contributed by atoms with van der Waals surface area (Å²) >= 11 is 1.43. The summed E-state index contributed by atoms with van der Waals surface area (Å²) in [5.41, 5.74) is -0.140. The lowest BCUT2D eigenvalue weighted by Gasteiger charge is -2.37. The Morgan fingerprint density at radius 2 is 2.20 bits per heavy atom. The number of ether oxygens (including phenoxy) is 1. The average molecular weight is 441 g/mol. The fourth-order valence-electron chi connectivity index (χ4n) is 4.65. The fourth-order valence-corrected chi connectivity index (χ4v) is 5.42. The highest BCUT2D eigenvalue weighted by Crippen LogP contribution is 2.44. The highest BCUT2D eigenvalue weighted by molar-refractivity contribution is 7.09. The molecule has 2 fully saturated rings. The van der Waals surface area contributed by atoms with E-state index in [4.69, 9.17) is 4.74 Å². The molecule has 5 heterocycles. The molecular formula is C19H22F3N5O2S. The Balaban J connectivity index is 1.53. The Morgan fingerprint density at radius 1 is 1.40 bits per heavy atom. The van der Waals surface area contributed by atoms with E-state index in [1.165, 1.54) is 22.3 Å². The number of anilines is 2. The van der Waals surface area contributed by atoms with E-state index in [1.54, 1.807) is 5.51 Å². The topological polar surface area (TPSA) is 63.5 Å². The van der Waals surface area contributed by atoms with E-state index in [1.807, 2.05) is 11.8 Å². The SMILES string of the molecule is Cc1ncsc1CCN1c2nc(N3CC4CC3CO4)cc(=O)n2CC1(C)C(F)(F)F. The van der Waals surface area contributed by atoms with E-state index < -0.39 is 23.8 Å². The van der Waals surface area contributed by atoms with Crippen molar-refractivity contribution >= 4 is 23.1 Å². The molecule has 2 aromatic rings. The van der Waals surface area contributed by atoms with Crippen molar-refractivity contribution in [3.63, 3.8) is 0 Å². The number of nitrogens with zero attached hydrogens (tertiary/aromatic N) is 5. The minimum atomic E-state index is -4.52. The molecule has 0 aliphatic carbocycles. The van der Waals surface area contributed by atoms with Gasteiger partial charge in [-0.3, -0.25) is 9.36 Å². The minimum absolute atomic E-state index is 0.0863. The Bertz CT molecular complexity index is 1040. The first-order valence-electron chi connectivity index (χ1n) is 9.91. The first-order valence-corrected chi connectivity index (χ1v) is 10.8. The molecule has 162 valence electrons. The van der Waals surface area contributed by atoms with Crippen molar-refractivity contribution in [2.75, 3.05) is 29.5 Å². The van der Waals surface area contributed by atoms with Crippen LogP contribution in [-0.2, 0) is 17.7 Å². The van der Waals surface area contributed by atoms with Gasteiger partial charge >= 0.3 is 6.18 Å². The molecule has 3 aliphatic rings. The monoisotopic (exact) mass is 441 g/mol. The largest absolute Gasteiger partial charge is 0.413 e. The summed E-state index contributed by atoms with van der Waals surface area (Å²) in [6.45, 7) is 3.79. The van der Waals surface area contributed by atoms with Crippen LogP contribution in [0, 0.1) is 6.92 Å². The van der Waals surface area contributed by atoms with Crippen molar-refractivity contribution in [1.29, 1.82) is 0 Å². The van der Waals surface area contributed by atoms with Gasteiger partial charge in [-0.1, -0.05) is 0 Å². The van der Waals surface area contributed by atoms with E-state index in [0.717, 1.165) is 28.5 Å². The summed E-state index contributed by atoms with van der Waals surface area (Å²) in [6.07, 6.45) is -3.16. The number of aryl methyl sites for hydroxylation is 1. The van der Waals surface area contributed by atoms with Crippen molar-refractivity contribution in [2.24, 2.45) is 0 Å². The first kappa shape index (κ1) is 19.8. The Labute approximate surface area is 175 Å². The van der Waals surface area contributed by atoms with E-state index >= 15 is 0 Å². The standard InChI is InChI=1S/C19H22F3N5O2S/c1-11-14(30-10-23-11)3-4-27-17-24-15(25-7-13-5-12(25)8-29-13)6-16(28)26(17)9-18(27,2)19(20,21)22/h6,10,12-13H,3-5,7-9H2,1-2H3. The van der Waals surface area contributed by atoms with Crippen molar-refractivity contribution in [3.05, 3.63) is 32.5 Å². The third-order valence-electron chi connectivity index (χ3n) is 6.49. The first-order chi connectivity index (χ1) is 14.2. The molecule has 0 aromatic carbocycles. The Morgan fingerprint density at radius 3 is 2.80 bits per heavy atom. The fraction of sp³-hybridized carbons (Fsp3) is 0.632. The van der Waals surface area contributed by atoms with Crippen LogP contribution in [0.1, 0.15) is 23.9 Å². The predicted molar refractivity (Wildman–Crippen MR) is 106 cm³/mol. The molecule has 3 unspecified atom stereocenters. The van der Waals surface area contributed by atoms with E-state index in [2.05, 4.69) is 9.97 Å². The van der Waals surface area contributed by atoms with Crippen LogP contribution in [0.15, 0.2) is 16.4 Å². The molecule has 0 saturated carbocycles. The van der Waals surface area contributed by atoms with Gasteiger partial charge in [0.05, 0.1) is 36.5 Å². The number of hydrogen-bond donors (Lipinski definition) is 0. The normalized spacial score (nSPS) is 27.9. The molecule has 0 spiro atoms. The van der Waals surface area contributed by atoms with Crippen molar-refractivity contribution < 1.29 is 17.9 Å². The zero-order valence-electron chi connectivity index (χ0n) is 16.6. The number of halogens is 3. The molecular weight excluding hydrogens is 419 g/mol. The minimum Gasteiger partial charge on any atom is -0.374 e. The molecule has 2 aromatic heterocycles. The molecule has 0 amide bonds. The summed E-state index contributed by atoms with van der Waals surface area (Å²) in [7, 11) is 0. The summed E-state index contributed by atoms with van der Waals surface area (Å²) < 4.78 is 49.2. The van der Waals surface area contributed by atoms with Gasteiger partial charge in [-0.25, -0.2) is 4.98 Å². The lowest BCUT2D eigenvalue weighted by atomic mass is 10.0. The van der Waals surface area contributed by atoms with Gasteiger partial charge in [0.1, 0.15) is 5.82 Å². The number of alkyl halides is 3. The molecule has 2 bridgehead atoms. The lowest BCUT2D eigenvalue weighted by Crippen LogP contribution is -2.56. The lowest BCUT2D eigenvalue weighted by molar-refractivity contribution is -0.182. The average Bonchev–Trinajstić information content (AvgIpc) is 3.44. The molecule has 30 heavy (non-hydrogen) atoms. The summed E-state index contributed by atoms with van der Waals surface area (Å²) in [6, 6.07) is 1.48. The second-order valence-electron chi connectivity index (χ2n) is 8.37. The van der Waals surface area contributed by atoms with Gasteiger partial charge in [-0.05, 0) is 20.3 Å². The van der Waals surface area contributed by atoms with Crippen molar-refractivity contribution in [1.82, 2.24) is 14.5 Å². The van der Waals surface area contributed by atoms with E-state index in [9.17, 15) is 18.0 Å². The third kappa shape index (κ3) is 2.93. The van der Waals surface area contributed by atoms with Crippen LogP contribution in [0.2, 0.25) is 0 Å². The maximum atomic E-state index is 14.1. The van der Waals surface area contributed by atoms with Crippen molar-refractivity contribution in [2.45, 2.75) is 57.1 Å². The highest BCUT2D eigenvalue weighted by atomic mass is 32.1. The second-order valence-corrected chi connectivity index (χ2v) is 9.31. The zero-order valence-corrected chi connectivity index (χ0v) is 17.5. The van der Waals surface area contributed by atoms with Crippen LogP contribution in [0.5, 0.6) is 0 Å². The molecule has 7 nitrogen and oxygen atoms in total. The number of rotatable bonds is 4. The highest BCUT2D eigenvalue weighted by Gasteiger charge is 2.59.